The highest BCUT2D eigenvalue weighted by Crippen LogP contribution is 2.69. The van der Waals surface area contributed by atoms with Crippen LogP contribution in [0.5, 0.6) is 0 Å². The van der Waals surface area contributed by atoms with Crippen LogP contribution in [-0.4, -0.2) is 47.6 Å². The molecule has 6 rings (SSSR count). The van der Waals surface area contributed by atoms with Gasteiger partial charge in [-0.15, -0.1) is 0 Å². The molecule has 1 saturated heterocycles. The molecule has 0 bridgehead atoms. The maximum Gasteiger partial charge on any atom is 0.335 e. The van der Waals surface area contributed by atoms with Crippen molar-refractivity contribution in [3.05, 3.63) is 46.0 Å². The summed E-state index contributed by atoms with van der Waals surface area (Å²) in [5, 5.41) is 17.0. The average molecular weight is 509 g/mol. The lowest BCUT2D eigenvalue weighted by atomic mass is 9.45. The third-order valence-electron chi connectivity index (χ3n) is 11.4. The van der Waals surface area contributed by atoms with Crippen LogP contribution in [0.4, 0.5) is 0 Å². The van der Waals surface area contributed by atoms with Gasteiger partial charge in [0.2, 0.25) is 0 Å². The molecule has 1 aromatic rings. The first-order valence-corrected chi connectivity index (χ1v) is 14.8. The molecule has 202 valence electrons. The summed E-state index contributed by atoms with van der Waals surface area (Å²) in [4.78, 5) is 19.8. The van der Waals surface area contributed by atoms with Crippen molar-refractivity contribution in [1.29, 1.82) is 0 Å². The van der Waals surface area contributed by atoms with E-state index in [0.717, 1.165) is 69.2 Å². The highest BCUT2D eigenvalue weighted by molar-refractivity contribution is 5.96. The van der Waals surface area contributed by atoms with Gasteiger partial charge in [0, 0.05) is 18.0 Å². The van der Waals surface area contributed by atoms with Crippen molar-refractivity contribution in [3.8, 4) is 0 Å². The maximum atomic E-state index is 12.4. The second-order valence-electron chi connectivity index (χ2n) is 13.0. The minimum atomic E-state index is -0.669. The van der Waals surface area contributed by atoms with Crippen molar-refractivity contribution >= 4 is 5.71 Å². The number of nitrogens with zero attached hydrogens (tertiary/aromatic N) is 2. The van der Waals surface area contributed by atoms with Crippen LogP contribution in [0.15, 0.2) is 44.4 Å². The van der Waals surface area contributed by atoms with Gasteiger partial charge in [0.25, 0.3) is 0 Å². The van der Waals surface area contributed by atoms with E-state index in [1.165, 1.54) is 44.0 Å². The summed E-state index contributed by atoms with van der Waals surface area (Å²) in [6.45, 7) is 8.78. The Bertz CT molecular complexity index is 1100. The Labute approximate surface area is 221 Å². The Hall–Kier alpha value is -1.92. The van der Waals surface area contributed by atoms with Crippen LogP contribution in [0.25, 0.3) is 0 Å². The monoisotopic (exact) mass is 508 g/mol. The van der Waals surface area contributed by atoms with Crippen LogP contribution < -0.4 is 5.63 Å². The normalized spacial score (nSPS) is 41.0. The van der Waals surface area contributed by atoms with Crippen LogP contribution in [0.1, 0.15) is 96.0 Å². The third kappa shape index (κ3) is 4.23. The lowest BCUT2D eigenvalue weighted by Gasteiger charge is -2.61. The maximum absolute atomic E-state index is 12.4. The Morgan fingerprint density at radius 1 is 1.05 bits per heavy atom. The van der Waals surface area contributed by atoms with Gasteiger partial charge in [0.05, 0.1) is 17.6 Å². The zero-order chi connectivity index (χ0) is 25.7. The molecule has 0 spiro atoms. The molecule has 1 N–H and O–H groups in total. The molecule has 1 aromatic heterocycles. The number of oxime groups is 1. The molecule has 4 aliphatic carbocycles. The highest BCUT2D eigenvalue weighted by Gasteiger charge is 2.66. The van der Waals surface area contributed by atoms with Crippen molar-refractivity contribution in [2.45, 2.75) is 96.0 Å². The Kier molecular flexibility index (Phi) is 6.63. The minimum Gasteiger partial charge on any atom is -0.431 e. The Balaban J connectivity index is 1.16. The van der Waals surface area contributed by atoms with E-state index in [-0.39, 0.29) is 22.4 Å². The summed E-state index contributed by atoms with van der Waals surface area (Å²) >= 11 is 0. The van der Waals surface area contributed by atoms with E-state index < -0.39 is 5.60 Å². The molecule has 1 aliphatic heterocycles. The number of fused-ring (bicyclic) bond motifs is 5. The number of piperidine rings is 1. The first-order chi connectivity index (χ1) is 17.8. The van der Waals surface area contributed by atoms with E-state index in [1.807, 2.05) is 6.07 Å². The van der Waals surface area contributed by atoms with Crippen molar-refractivity contribution in [3.63, 3.8) is 0 Å². The van der Waals surface area contributed by atoms with E-state index in [4.69, 9.17) is 9.25 Å². The fraction of sp³-hybridized carbons (Fsp3) is 0.742. The largest absolute Gasteiger partial charge is 0.431 e. The van der Waals surface area contributed by atoms with E-state index in [2.05, 4.69) is 30.0 Å². The number of likely N-dealkylation sites (tertiary alicyclic amines) is 1. The molecule has 6 heteroatoms. The van der Waals surface area contributed by atoms with Crippen molar-refractivity contribution in [1.82, 2.24) is 4.90 Å². The summed E-state index contributed by atoms with van der Waals surface area (Å²) in [6.07, 6.45) is 16.0. The fourth-order valence-electron chi connectivity index (χ4n) is 9.20. The predicted molar refractivity (Wildman–Crippen MR) is 145 cm³/mol. The third-order valence-corrected chi connectivity index (χ3v) is 11.4. The standard InChI is InChI=1S/C31H44N2O4/c1-29-13-10-24(32-37-19-18-33-16-4-3-5-17-33)20-23(29)7-8-27-26(29)11-14-30(2)25(12-15-31(27,30)35)22-6-9-28(34)36-21-22/h6,9,20-21,25-27,35H,3-5,7-8,10-19H2,1-2H3/b32-24+. The SMILES string of the molecule is CC12CC/C(=N\OCCN3CCCCC3)C=C1CCC1C2CCC2(C)C(c3ccc(=O)oc3)CCC12O. The molecule has 37 heavy (non-hydrogen) atoms. The molecule has 0 radical (unpaired) electrons. The lowest BCUT2D eigenvalue weighted by Crippen LogP contribution is -2.60. The lowest BCUT2D eigenvalue weighted by molar-refractivity contribution is -0.176. The molecule has 6 unspecified atom stereocenters. The van der Waals surface area contributed by atoms with Gasteiger partial charge >= 0.3 is 5.63 Å². The smallest absolute Gasteiger partial charge is 0.335 e. The molecule has 0 aromatic carbocycles. The zero-order valence-electron chi connectivity index (χ0n) is 22.7. The highest BCUT2D eigenvalue weighted by atomic mass is 16.6. The predicted octanol–water partition coefficient (Wildman–Crippen LogP) is 5.66. The Morgan fingerprint density at radius 2 is 1.89 bits per heavy atom. The van der Waals surface area contributed by atoms with E-state index in [1.54, 1.807) is 6.26 Å². The molecular formula is C31H44N2O4. The summed E-state index contributed by atoms with van der Waals surface area (Å²) in [5.74, 6) is 1.05. The summed E-state index contributed by atoms with van der Waals surface area (Å²) < 4.78 is 5.23. The van der Waals surface area contributed by atoms with Gasteiger partial charge in [-0.1, -0.05) is 31.0 Å². The number of hydrogen-bond acceptors (Lipinski definition) is 6. The molecule has 4 fully saturated rings. The van der Waals surface area contributed by atoms with Crippen molar-refractivity contribution < 1.29 is 14.4 Å². The molecular weight excluding hydrogens is 464 g/mol. The van der Waals surface area contributed by atoms with Gasteiger partial charge in [0.15, 0.2) is 0 Å². The van der Waals surface area contributed by atoms with Gasteiger partial charge in [-0.05, 0) is 118 Å². The summed E-state index contributed by atoms with van der Waals surface area (Å²) in [6, 6.07) is 3.44. The van der Waals surface area contributed by atoms with Crippen LogP contribution in [0, 0.1) is 22.7 Å². The van der Waals surface area contributed by atoms with E-state index in [9.17, 15) is 9.90 Å². The number of hydrogen-bond donors (Lipinski definition) is 1. The number of rotatable bonds is 5. The van der Waals surface area contributed by atoms with Crippen LogP contribution in [0.3, 0.4) is 0 Å². The average Bonchev–Trinajstić information content (AvgIpc) is 3.19. The van der Waals surface area contributed by atoms with E-state index in [0.29, 0.717) is 18.4 Å². The van der Waals surface area contributed by atoms with Gasteiger partial charge in [-0.25, -0.2) is 4.79 Å². The quantitative estimate of drug-likeness (QED) is 0.410. The van der Waals surface area contributed by atoms with Gasteiger partial charge < -0.3 is 14.4 Å². The van der Waals surface area contributed by atoms with Gasteiger partial charge in [-0.2, -0.15) is 0 Å². The zero-order valence-corrected chi connectivity index (χ0v) is 22.7. The molecule has 2 heterocycles. The fourth-order valence-corrected chi connectivity index (χ4v) is 9.20. The molecule has 6 nitrogen and oxygen atoms in total. The first-order valence-electron chi connectivity index (χ1n) is 14.8. The number of aliphatic hydroxyl groups is 1. The first kappa shape index (κ1) is 25.4. The molecule has 3 saturated carbocycles. The summed E-state index contributed by atoms with van der Waals surface area (Å²) in [5.41, 5.74) is 2.65. The minimum absolute atomic E-state index is 0.129. The van der Waals surface area contributed by atoms with E-state index >= 15 is 0 Å². The Morgan fingerprint density at radius 3 is 2.68 bits per heavy atom. The molecule has 5 aliphatic rings. The second kappa shape index (κ2) is 9.68. The summed E-state index contributed by atoms with van der Waals surface area (Å²) in [7, 11) is 0. The number of allylic oxidation sites excluding steroid dienone is 2. The van der Waals surface area contributed by atoms with Gasteiger partial charge in [-0.3, -0.25) is 4.90 Å². The second-order valence-corrected chi connectivity index (χ2v) is 13.0. The van der Waals surface area contributed by atoms with Crippen molar-refractivity contribution in [2.24, 2.45) is 27.8 Å². The molecule has 6 atom stereocenters. The topological polar surface area (TPSA) is 75.3 Å². The van der Waals surface area contributed by atoms with Crippen molar-refractivity contribution in [2.75, 3.05) is 26.2 Å². The molecule has 0 amide bonds. The van der Waals surface area contributed by atoms with Gasteiger partial charge in [0.1, 0.15) is 6.61 Å². The van der Waals surface area contributed by atoms with Crippen LogP contribution in [0.2, 0.25) is 0 Å². The van der Waals surface area contributed by atoms with Crippen LogP contribution in [-0.2, 0) is 4.84 Å². The van der Waals surface area contributed by atoms with Crippen LogP contribution >= 0.6 is 0 Å².